The average molecular weight is 292 g/mol. The van der Waals surface area contributed by atoms with E-state index in [1.807, 2.05) is 18.2 Å². The number of benzene rings is 1. The van der Waals surface area contributed by atoms with Gasteiger partial charge in [-0.15, -0.1) is 11.8 Å². The third-order valence-corrected chi connectivity index (χ3v) is 3.67. The third-order valence-electron chi connectivity index (χ3n) is 3.67. The predicted octanol–water partition coefficient (Wildman–Crippen LogP) is 6.13. The van der Waals surface area contributed by atoms with Gasteiger partial charge < -0.3 is 0 Å². The van der Waals surface area contributed by atoms with Crippen LogP contribution in [0.2, 0.25) is 0 Å². The van der Waals surface area contributed by atoms with Crippen molar-refractivity contribution in [3.63, 3.8) is 0 Å². The van der Waals surface area contributed by atoms with E-state index >= 15 is 0 Å². The van der Waals surface area contributed by atoms with Gasteiger partial charge in [-0.25, -0.2) is 0 Å². The number of hydrogen-bond acceptors (Lipinski definition) is 0. The summed E-state index contributed by atoms with van der Waals surface area (Å²) >= 11 is 0. The zero-order valence-electron chi connectivity index (χ0n) is 14.3. The first-order chi connectivity index (χ1) is 10.8. The number of unbranched alkanes of at least 4 members (excludes halogenated alkanes) is 2. The number of hydrogen-bond donors (Lipinski definition) is 0. The summed E-state index contributed by atoms with van der Waals surface area (Å²) in [5, 5.41) is 0. The summed E-state index contributed by atoms with van der Waals surface area (Å²) in [5.74, 6) is 13.2. The van der Waals surface area contributed by atoms with Gasteiger partial charge in [-0.2, -0.15) is 0 Å². The molecule has 0 saturated heterocycles. The van der Waals surface area contributed by atoms with Gasteiger partial charge in [-0.1, -0.05) is 62.8 Å². The van der Waals surface area contributed by atoms with Crippen molar-refractivity contribution in [1.82, 2.24) is 0 Å². The van der Waals surface area contributed by atoms with E-state index in [0.717, 1.165) is 37.7 Å². The van der Waals surface area contributed by atoms with Crippen LogP contribution in [0.5, 0.6) is 0 Å². The Balaban J connectivity index is 2.70. The second kappa shape index (κ2) is 11.7. The SMILES string of the molecule is CCCCC#CCC/C(CC)=C(\C#Cc1ccccc1)CC. The van der Waals surface area contributed by atoms with Gasteiger partial charge in [0.1, 0.15) is 0 Å². The monoisotopic (exact) mass is 292 g/mol. The lowest BCUT2D eigenvalue weighted by atomic mass is 9.99. The molecule has 0 aliphatic rings. The molecular formula is C22H28. The minimum absolute atomic E-state index is 0.962. The van der Waals surface area contributed by atoms with Crippen molar-refractivity contribution < 1.29 is 0 Å². The first-order valence-electron chi connectivity index (χ1n) is 8.55. The van der Waals surface area contributed by atoms with Crippen LogP contribution in [0, 0.1) is 23.7 Å². The van der Waals surface area contributed by atoms with E-state index in [0.29, 0.717) is 0 Å². The Morgan fingerprint density at radius 1 is 0.909 bits per heavy atom. The fourth-order valence-electron chi connectivity index (χ4n) is 2.29. The molecule has 0 radical (unpaired) electrons. The molecule has 0 N–H and O–H groups in total. The van der Waals surface area contributed by atoms with Crippen molar-refractivity contribution in [1.29, 1.82) is 0 Å². The fourth-order valence-corrected chi connectivity index (χ4v) is 2.29. The van der Waals surface area contributed by atoms with Gasteiger partial charge in [0.05, 0.1) is 0 Å². The van der Waals surface area contributed by atoms with Gasteiger partial charge in [0.25, 0.3) is 0 Å². The van der Waals surface area contributed by atoms with Gasteiger partial charge in [0.2, 0.25) is 0 Å². The Morgan fingerprint density at radius 3 is 2.27 bits per heavy atom. The van der Waals surface area contributed by atoms with Crippen molar-refractivity contribution in [2.24, 2.45) is 0 Å². The predicted molar refractivity (Wildman–Crippen MR) is 97.5 cm³/mol. The highest BCUT2D eigenvalue weighted by Gasteiger charge is 2.00. The topological polar surface area (TPSA) is 0 Å². The maximum Gasteiger partial charge on any atom is 0.0248 e. The molecule has 0 nitrogen and oxygen atoms in total. The second-order valence-corrected chi connectivity index (χ2v) is 5.36. The van der Waals surface area contributed by atoms with E-state index in [2.05, 4.69) is 56.6 Å². The maximum absolute atomic E-state index is 3.38. The van der Waals surface area contributed by atoms with Crippen molar-refractivity contribution in [3.05, 3.63) is 47.0 Å². The Labute approximate surface area is 137 Å². The first kappa shape index (κ1) is 18.1. The van der Waals surface area contributed by atoms with E-state index in [9.17, 15) is 0 Å². The highest BCUT2D eigenvalue weighted by atomic mass is 14.0. The van der Waals surface area contributed by atoms with Crippen LogP contribution in [0.15, 0.2) is 41.5 Å². The molecule has 22 heavy (non-hydrogen) atoms. The lowest BCUT2D eigenvalue weighted by molar-refractivity contribution is 0.826. The third kappa shape index (κ3) is 7.19. The summed E-state index contributed by atoms with van der Waals surface area (Å²) in [7, 11) is 0. The largest absolute Gasteiger partial charge is 0.103 e. The molecule has 116 valence electrons. The van der Waals surface area contributed by atoms with Crippen LogP contribution in [0.25, 0.3) is 0 Å². The van der Waals surface area contributed by atoms with Gasteiger partial charge in [0.15, 0.2) is 0 Å². The molecular weight excluding hydrogens is 264 g/mol. The number of rotatable bonds is 6. The lowest BCUT2D eigenvalue weighted by Crippen LogP contribution is -1.89. The summed E-state index contributed by atoms with van der Waals surface area (Å²) < 4.78 is 0. The van der Waals surface area contributed by atoms with E-state index in [-0.39, 0.29) is 0 Å². The molecule has 0 fully saturated rings. The Morgan fingerprint density at radius 2 is 1.64 bits per heavy atom. The van der Waals surface area contributed by atoms with Gasteiger partial charge in [-0.3, -0.25) is 0 Å². The van der Waals surface area contributed by atoms with Crippen molar-refractivity contribution in [2.45, 2.75) is 65.7 Å². The van der Waals surface area contributed by atoms with Crippen LogP contribution in [-0.2, 0) is 0 Å². The summed E-state index contributed by atoms with van der Waals surface area (Å²) in [6, 6.07) is 10.2. The molecule has 1 aromatic rings. The molecule has 0 bridgehead atoms. The van der Waals surface area contributed by atoms with Gasteiger partial charge in [-0.05, 0) is 37.8 Å². The highest BCUT2D eigenvalue weighted by Crippen LogP contribution is 2.17. The summed E-state index contributed by atoms with van der Waals surface area (Å²) in [6.45, 7) is 6.62. The standard InChI is InChI=1S/C22H28/c1-4-7-8-9-10-14-17-21(5-2)22(6-3)19-18-20-15-12-11-13-16-20/h11-13,15-16H,4-8,14,17H2,1-3H3/b22-21-. The molecule has 0 spiro atoms. The normalized spacial score (nSPS) is 10.9. The zero-order valence-corrected chi connectivity index (χ0v) is 14.3. The average Bonchev–Trinajstić information content (AvgIpc) is 2.57. The quantitative estimate of drug-likeness (QED) is 0.437. The van der Waals surface area contributed by atoms with Crippen LogP contribution in [0.3, 0.4) is 0 Å². The van der Waals surface area contributed by atoms with Crippen LogP contribution in [-0.4, -0.2) is 0 Å². The van der Waals surface area contributed by atoms with Crippen LogP contribution >= 0.6 is 0 Å². The van der Waals surface area contributed by atoms with Crippen molar-refractivity contribution in [2.75, 3.05) is 0 Å². The van der Waals surface area contributed by atoms with Gasteiger partial charge >= 0.3 is 0 Å². The maximum atomic E-state index is 3.38. The lowest BCUT2D eigenvalue weighted by Gasteiger charge is -2.06. The van der Waals surface area contributed by atoms with Gasteiger partial charge in [0, 0.05) is 24.0 Å². The molecule has 0 heterocycles. The molecule has 0 amide bonds. The Bertz CT molecular complexity index is 567. The molecule has 0 atom stereocenters. The molecule has 1 rings (SSSR count). The van der Waals surface area contributed by atoms with E-state index < -0.39 is 0 Å². The summed E-state index contributed by atoms with van der Waals surface area (Å²) in [4.78, 5) is 0. The van der Waals surface area contributed by atoms with Crippen LogP contribution in [0.4, 0.5) is 0 Å². The number of allylic oxidation sites excluding steroid dienone is 2. The van der Waals surface area contributed by atoms with Crippen molar-refractivity contribution >= 4 is 0 Å². The van der Waals surface area contributed by atoms with E-state index in [1.54, 1.807) is 0 Å². The second-order valence-electron chi connectivity index (χ2n) is 5.36. The Kier molecular flexibility index (Phi) is 9.65. The Hall–Kier alpha value is -1.92. The molecule has 0 aliphatic carbocycles. The zero-order chi connectivity index (χ0) is 16.0. The minimum atomic E-state index is 0.962. The smallest absolute Gasteiger partial charge is 0.0248 e. The minimum Gasteiger partial charge on any atom is -0.103 e. The first-order valence-corrected chi connectivity index (χ1v) is 8.55. The fraction of sp³-hybridized carbons (Fsp3) is 0.455. The molecule has 1 aromatic carbocycles. The molecule has 0 unspecified atom stereocenters. The molecule has 0 saturated carbocycles. The van der Waals surface area contributed by atoms with Crippen LogP contribution in [0.1, 0.15) is 71.3 Å². The van der Waals surface area contributed by atoms with Crippen LogP contribution < -0.4 is 0 Å². The summed E-state index contributed by atoms with van der Waals surface area (Å²) in [5.41, 5.74) is 3.85. The molecule has 0 aromatic heterocycles. The van der Waals surface area contributed by atoms with E-state index in [4.69, 9.17) is 0 Å². The molecule has 0 heteroatoms. The van der Waals surface area contributed by atoms with E-state index in [1.165, 1.54) is 24.0 Å². The molecule has 0 aliphatic heterocycles. The summed E-state index contributed by atoms with van der Waals surface area (Å²) in [6.07, 6.45) is 7.58. The van der Waals surface area contributed by atoms with Crippen molar-refractivity contribution in [3.8, 4) is 23.7 Å². The highest BCUT2D eigenvalue weighted by molar-refractivity contribution is 5.42.